The highest BCUT2D eigenvalue weighted by Crippen LogP contribution is 2.47. The van der Waals surface area contributed by atoms with Crippen molar-refractivity contribution in [2.45, 2.75) is 0 Å². The van der Waals surface area contributed by atoms with E-state index in [0.29, 0.717) is 0 Å². The molecule has 0 saturated carbocycles. The van der Waals surface area contributed by atoms with E-state index in [1.165, 1.54) is 64.9 Å². The molecule has 0 aliphatic heterocycles. The third kappa shape index (κ3) is 3.10. The lowest BCUT2D eigenvalue weighted by molar-refractivity contribution is 1.18. The van der Waals surface area contributed by atoms with Gasteiger partial charge in [0, 0.05) is 39.0 Å². The molecule has 2 nitrogen and oxygen atoms in total. The number of rotatable bonds is 2. The predicted molar refractivity (Wildman–Crippen MR) is 174 cm³/mol. The van der Waals surface area contributed by atoms with Gasteiger partial charge in [-0.15, -0.1) is 0 Å². The molecule has 0 saturated heterocycles. The normalized spacial score (nSPS) is 11.9. The summed E-state index contributed by atoms with van der Waals surface area (Å²) in [4.78, 5) is 4.64. The zero-order chi connectivity index (χ0) is 26.9. The van der Waals surface area contributed by atoms with Gasteiger partial charge in [0.1, 0.15) is 0 Å². The van der Waals surface area contributed by atoms with Crippen LogP contribution in [0.3, 0.4) is 0 Å². The van der Waals surface area contributed by atoms with E-state index < -0.39 is 0 Å². The van der Waals surface area contributed by atoms with E-state index in [1.54, 1.807) is 0 Å². The number of fused-ring (bicyclic) bond motifs is 13. The molecule has 9 rings (SSSR count). The van der Waals surface area contributed by atoms with Gasteiger partial charge in [-0.3, -0.25) is 4.98 Å². The number of hydrogen-bond acceptors (Lipinski definition) is 1. The molecule has 0 amide bonds. The zero-order valence-electron chi connectivity index (χ0n) is 22.3. The van der Waals surface area contributed by atoms with Gasteiger partial charge in [-0.05, 0) is 62.6 Å². The maximum absolute atomic E-state index is 4.64. The molecule has 0 radical (unpaired) electrons. The molecule has 41 heavy (non-hydrogen) atoms. The quantitative estimate of drug-likeness (QED) is 0.207. The Labute approximate surface area is 236 Å². The van der Waals surface area contributed by atoms with Crippen LogP contribution in [0.4, 0.5) is 0 Å². The average molecular weight is 521 g/mol. The molecule has 0 aliphatic rings. The van der Waals surface area contributed by atoms with Gasteiger partial charge in [0.05, 0.1) is 16.7 Å². The van der Waals surface area contributed by atoms with Crippen molar-refractivity contribution in [3.63, 3.8) is 0 Å². The van der Waals surface area contributed by atoms with Crippen molar-refractivity contribution in [2.24, 2.45) is 0 Å². The lowest BCUT2D eigenvalue weighted by Gasteiger charge is -2.16. The second-order valence-corrected chi connectivity index (χ2v) is 10.7. The highest BCUT2D eigenvalue weighted by molar-refractivity contribution is 6.42. The van der Waals surface area contributed by atoms with E-state index in [-0.39, 0.29) is 0 Å². The Morgan fingerprint density at radius 3 is 1.71 bits per heavy atom. The van der Waals surface area contributed by atoms with Crippen LogP contribution < -0.4 is 0 Å². The largest absolute Gasteiger partial charge is 0.309 e. The summed E-state index contributed by atoms with van der Waals surface area (Å²) in [5.41, 5.74) is 5.66. The summed E-state index contributed by atoms with van der Waals surface area (Å²) in [6.45, 7) is 0. The molecule has 0 bridgehead atoms. The van der Waals surface area contributed by atoms with Crippen molar-refractivity contribution in [1.29, 1.82) is 0 Å². The van der Waals surface area contributed by atoms with Crippen LogP contribution in [0.5, 0.6) is 0 Å². The number of hydrogen-bond donors (Lipinski definition) is 0. The monoisotopic (exact) mass is 520 g/mol. The fourth-order valence-electron chi connectivity index (χ4n) is 6.94. The van der Waals surface area contributed by atoms with Crippen LogP contribution >= 0.6 is 0 Å². The first-order valence-electron chi connectivity index (χ1n) is 14.1. The standard InChI is InChI=1S/C39H24N2/c1-3-16-29-27(14-1)28-15-2-4-17-30(28)37-36(29)31-18-5-6-19-32(31)39-38(37)33-20-7-8-22-35(33)41(39)26-13-11-12-25(24-26)34-21-9-10-23-40-34/h1-24H. The molecule has 0 fully saturated rings. The highest BCUT2D eigenvalue weighted by Gasteiger charge is 2.22. The van der Waals surface area contributed by atoms with Crippen molar-refractivity contribution < 1.29 is 0 Å². The Morgan fingerprint density at radius 2 is 1.00 bits per heavy atom. The first-order chi connectivity index (χ1) is 20.4. The summed E-state index contributed by atoms with van der Waals surface area (Å²) in [6.07, 6.45) is 1.86. The van der Waals surface area contributed by atoms with E-state index in [2.05, 4.69) is 137 Å². The molecule has 9 aromatic rings. The van der Waals surface area contributed by atoms with Gasteiger partial charge >= 0.3 is 0 Å². The summed E-state index contributed by atoms with van der Waals surface area (Å²) in [6, 6.07) is 50.4. The van der Waals surface area contributed by atoms with Gasteiger partial charge in [-0.2, -0.15) is 0 Å². The predicted octanol–water partition coefficient (Wildman–Crippen LogP) is 10.5. The zero-order valence-corrected chi connectivity index (χ0v) is 22.3. The number of nitrogens with zero attached hydrogens (tertiary/aromatic N) is 2. The average Bonchev–Trinajstić information content (AvgIpc) is 3.40. The molecule has 0 unspecified atom stereocenters. The first kappa shape index (κ1) is 22.4. The van der Waals surface area contributed by atoms with Gasteiger partial charge in [0.25, 0.3) is 0 Å². The maximum Gasteiger partial charge on any atom is 0.0702 e. The van der Waals surface area contributed by atoms with Gasteiger partial charge in [0.2, 0.25) is 0 Å². The van der Waals surface area contributed by atoms with Crippen molar-refractivity contribution in [1.82, 2.24) is 9.55 Å². The van der Waals surface area contributed by atoms with Crippen LogP contribution in [0.25, 0.3) is 81.8 Å². The minimum atomic E-state index is 0.975. The third-order valence-corrected chi connectivity index (χ3v) is 8.57. The smallest absolute Gasteiger partial charge is 0.0702 e. The molecule has 0 aliphatic carbocycles. The van der Waals surface area contributed by atoms with Crippen molar-refractivity contribution in [2.75, 3.05) is 0 Å². The minimum absolute atomic E-state index is 0.975. The second kappa shape index (κ2) is 8.51. The summed E-state index contributed by atoms with van der Waals surface area (Å²) in [5.74, 6) is 0. The Morgan fingerprint density at radius 1 is 0.415 bits per heavy atom. The Balaban J connectivity index is 1.57. The summed E-state index contributed by atoms with van der Waals surface area (Å²) in [5, 5.41) is 12.9. The highest BCUT2D eigenvalue weighted by atomic mass is 15.0. The van der Waals surface area contributed by atoms with Crippen molar-refractivity contribution in [3.8, 4) is 16.9 Å². The summed E-state index contributed by atoms with van der Waals surface area (Å²) < 4.78 is 2.46. The second-order valence-electron chi connectivity index (χ2n) is 10.7. The van der Waals surface area contributed by atoms with Crippen LogP contribution in [0, 0.1) is 0 Å². The van der Waals surface area contributed by atoms with Crippen molar-refractivity contribution >= 4 is 64.9 Å². The van der Waals surface area contributed by atoms with Crippen LogP contribution in [0.15, 0.2) is 146 Å². The lowest BCUT2D eigenvalue weighted by Crippen LogP contribution is -1.96. The lowest BCUT2D eigenvalue weighted by atomic mass is 9.88. The number of para-hydroxylation sites is 1. The summed E-state index contributed by atoms with van der Waals surface area (Å²) >= 11 is 0. The number of benzene rings is 7. The van der Waals surface area contributed by atoms with Crippen LogP contribution in [-0.2, 0) is 0 Å². The van der Waals surface area contributed by atoms with Gasteiger partial charge < -0.3 is 4.57 Å². The fourth-order valence-corrected chi connectivity index (χ4v) is 6.94. The molecule has 0 atom stereocenters. The van der Waals surface area contributed by atoms with E-state index in [4.69, 9.17) is 0 Å². The van der Waals surface area contributed by atoms with E-state index in [1.807, 2.05) is 18.3 Å². The number of pyridine rings is 1. The van der Waals surface area contributed by atoms with Gasteiger partial charge in [-0.1, -0.05) is 109 Å². The molecule has 2 heterocycles. The Bertz CT molecular complexity index is 2470. The SMILES string of the molecule is c1ccc(-c2cccc(-n3c4ccccc4c4c5c6ccccc6c6ccccc6c5c5ccccc5c43)c2)nc1. The molecule has 2 heteroatoms. The molecule has 2 aromatic heterocycles. The summed E-state index contributed by atoms with van der Waals surface area (Å²) in [7, 11) is 0. The fraction of sp³-hybridized carbons (Fsp3) is 0. The first-order valence-corrected chi connectivity index (χ1v) is 14.1. The molecule has 0 spiro atoms. The minimum Gasteiger partial charge on any atom is -0.309 e. The van der Waals surface area contributed by atoms with Crippen LogP contribution in [0.1, 0.15) is 0 Å². The van der Waals surface area contributed by atoms with Crippen molar-refractivity contribution in [3.05, 3.63) is 146 Å². The van der Waals surface area contributed by atoms with Crippen LogP contribution in [-0.4, -0.2) is 9.55 Å². The molecule has 7 aromatic carbocycles. The van der Waals surface area contributed by atoms with E-state index in [9.17, 15) is 0 Å². The molecular weight excluding hydrogens is 496 g/mol. The van der Waals surface area contributed by atoms with Gasteiger partial charge in [-0.25, -0.2) is 0 Å². The number of aromatic nitrogens is 2. The van der Waals surface area contributed by atoms with Crippen LogP contribution in [0.2, 0.25) is 0 Å². The molecule has 190 valence electrons. The Hall–Kier alpha value is -5.47. The third-order valence-electron chi connectivity index (χ3n) is 8.57. The maximum atomic E-state index is 4.64. The Kier molecular flexibility index (Phi) is 4.64. The van der Waals surface area contributed by atoms with Gasteiger partial charge in [0.15, 0.2) is 0 Å². The molecule has 0 N–H and O–H groups in total. The topological polar surface area (TPSA) is 17.8 Å². The van der Waals surface area contributed by atoms with E-state index in [0.717, 1.165) is 16.9 Å². The molecular formula is C39H24N2. The van der Waals surface area contributed by atoms with E-state index >= 15 is 0 Å².